The van der Waals surface area contributed by atoms with Crippen LogP contribution in [0.25, 0.3) is 6.08 Å². The van der Waals surface area contributed by atoms with Gasteiger partial charge in [-0.3, -0.25) is 4.79 Å². The van der Waals surface area contributed by atoms with Crippen molar-refractivity contribution in [3.63, 3.8) is 0 Å². The molecular weight excluding hydrogens is 517 g/mol. The predicted octanol–water partition coefficient (Wildman–Crippen LogP) is 6.61. The molecule has 0 saturated carbocycles. The molecule has 0 bridgehead atoms. The van der Waals surface area contributed by atoms with E-state index in [1.165, 1.54) is 25.3 Å². The Morgan fingerprint density at radius 1 is 0.833 bits per heavy atom. The summed E-state index contributed by atoms with van der Waals surface area (Å²) in [7, 11) is 1.53. The zero-order valence-electron chi connectivity index (χ0n) is 15.3. The fraction of sp³-hybridized carbons (Fsp3) is 0.200. The van der Waals surface area contributed by atoms with Crippen LogP contribution >= 0.6 is 69.6 Å². The second-order valence-electron chi connectivity index (χ2n) is 5.90. The topological polar surface area (TPSA) is 52.6 Å². The summed E-state index contributed by atoms with van der Waals surface area (Å²) in [6.45, 7) is 0. The van der Waals surface area contributed by atoms with E-state index >= 15 is 0 Å². The van der Waals surface area contributed by atoms with Crippen LogP contribution in [0.15, 0.2) is 60.7 Å². The van der Waals surface area contributed by atoms with E-state index in [0.29, 0.717) is 11.3 Å². The molecule has 0 heterocycles. The quantitative estimate of drug-likeness (QED) is 0.182. The lowest BCUT2D eigenvalue weighted by Crippen LogP contribution is -2.62. The minimum absolute atomic E-state index is 0.0158. The summed E-state index contributed by atoms with van der Waals surface area (Å²) >= 11 is 36.1. The molecule has 10 heteroatoms. The molecule has 0 aliphatic rings. The summed E-state index contributed by atoms with van der Waals surface area (Å²) in [5, 5.41) is 0. The first kappa shape index (κ1) is 25.1. The summed E-state index contributed by atoms with van der Waals surface area (Å²) in [6.07, 6.45) is 2.43. The lowest BCUT2D eigenvalue weighted by Gasteiger charge is -2.41. The number of ether oxygens (including phenoxy) is 2. The number of benzene rings is 2. The Hall–Kier alpha value is -1.14. The highest BCUT2D eigenvalue weighted by Crippen LogP contribution is 2.55. The van der Waals surface area contributed by atoms with Gasteiger partial charge in [-0.1, -0.05) is 112 Å². The number of Topliss-reactive ketones (excluding diaryl/α,β-unsaturated/α-hetero) is 1. The molecule has 30 heavy (non-hydrogen) atoms. The number of hydrogen-bond donors (Lipinski definition) is 0. The van der Waals surface area contributed by atoms with Crippen LogP contribution in [0.1, 0.15) is 15.9 Å². The number of rotatable bonds is 6. The minimum Gasteiger partial charge on any atom is -0.497 e. The molecule has 2 aromatic carbocycles. The highest BCUT2D eigenvalue weighted by Gasteiger charge is 2.69. The fourth-order valence-electron chi connectivity index (χ4n) is 2.44. The van der Waals surface area contributed by atoms with Crippen LogP contribution < -0.4 is 4.74 Å². The van der Waals surface area contributed by atoms with Gasteiger partial charge in [0.05, 0.1) is 7.11 Å². The van der Waals surface area contributed by atoms with Crippen LogP contribution in [-0.4, -0.2) is 32.0 Å². The maximum atomic E-state index is 13.2. The Morgan fingerprint density at radius 3 is 1.83 bits per heavy atom. The number of carbonyl (C=O) groups is 2. The zero-order chi connectivity index (χ0) is 22.6. The van der Waals surface area contributed by atoms with E-state index in [1.54, 1.807) is 42.5 Å². The second kappa shape index (κ2) is 9.99. The first-order chi connectivity index (χ1) is 13.9. The molecule has 0 unspecified atom stereocenters. The monoisotopic (exact) mass is 528 g/mol. The predicted molar refractivity (Wildman–Crippen MR) is 122 cm³/mol. The third kappa shape index (κ3) is 5.56. The van der Waals surface area contributed by atoms with Gasteiger partial charge in [0, 0.05) is 11.6 Å². The Kier molecular flexibility index (Phi) is 8.36. The van der Waals surface area contributed by atoms with Gasteiger partial charge in [-0.15, -0.1) is 0 Å². The maximum Gasteiger partial charge on any atom is 0.332 e. The number of hydrogen-bond acceptors (Lipinski definition) is 4. The van der Waals surface area contributed by atoms with Gasteiger partial charge < -0.3 is 9.47 Å². The minimum atomic E-state index is -2.77. The number of methoxy groups -OCH3 is 1. The van der Waals surface area contributed by atoms with Crippen LogP contribution in [0.3, 0.4) is 0 Å². The molecule has 0 fully saturated rings. The molecule has 2 aromatic rings. The maximum absolute atomic E-state index is 13.2. The second-order valence-corrected chi connectivity index (χ2v) is 10.5. The van der Waals surface area contributed by atoms with Gasteiger partial charge in [0.25, 0.3) is 5.60 Å². The summed E-state index contributed by atoms with van der Waals surface area (Å²) in [5.74, 6) is -1.42. The molecule has 2 rings (SSSR count). The third-order valence-electron chi connectivity index (χ3n) is 3.94. The number of carbonyl (C=O) groups excluding carboxylic acids is 2. The smallest absolute Gasteiger partial charge is 0.332 e. The number of esters is 1. The summed E-state index contributed by atoms with van der Waals surface area (Å²) in [6, 6.07) is 14.3. The molecule has 0 aliphatic carbocycles. The van der Waals surface area contributed by atoms with Crippen molar-refractivity contribution in [2.75, 3.05) is 7.11 Å². The van der Waals surface area contributed by atoms with Crippen molar-refractivity contribution in [2.24, 2.45) is 0 Å². The van der Waals surface area contributed by atoms with E-state index in [4.69, 9.17) is 79.1 Å². The molecule has 0 spiro atoms. The van der Waals surface area contributed by atoms with Crippen molar-refractivity contribution in [1.82, 2.24) is 0 Å². The summed E-state index contributed by atoms with van der Waals surface area (Å²) in [5.41, 5.74) is -2.12. The molecular formula is C20H14Cl6O4. The first-order valence-corrected chi connectivity index (χ1v) is 10.5. The van der Waals surface area contributed by atoms with Gasteiger partial charge in [-0.25, -0.2) is 4.79 Å². The Labute approximate surface area is 203 Å². The van der Waals surface area contributed by atoms with Crippen LogP contribution in [0.5, 0.6) is 5.75 Å². The molecule has 4 nitrogen and oxygen atoms in total. The van der Waals surface area contributed by atoms with Gasteiger partial charge in [0.2, 0.25) is 13.4 Å². The molecule has 0 amide bonds. The summed E-state index contributed by atoms with van der Waals surface area (Å²) in [4.78, 5) is 25.8. The molecule has 0 radical (unpaired) electrons. The van der Waals surface area contributed by atoms with E-state index in [1.807, 2.05) is 0 Å². The van der Waals surface area contributed by atoms with Gasteiger partial charge in [-0.05, 0) is 23.8 Å². The highest BCUT2D eigenvalue weighted by atomic mass is 35.6. The van der Waals surface area contributed by atoms with Gasteiger partial charge >= 0.3 is 5.97 Å². The van der Waals surface area contributed by atoms with E-state index in [0.717, 1.165) is 6.08 Å². The highest BCUT2D eigenvalue weighted by molar-refractivity contribution is 6.75. The lowest BCUT2D eigenvalue weighted by molar-refractivity contribution is -0.148. The van der Waals surface area contributed by atoms with Crippen molar-refractivity contribution in [3.05, 3.63) is 71.8 Å². The molecule has 0 saturated heterocycles. The van der Waals surface area contributed by atoms with Crippen molar-refractivity contribution >= 4 is 87.4 Å². The zero-order valence-corrected chi connectivity index (χ0v) is 19.8. The van der Waals surface area contributed by atoms with E-state index in [2.05, 4.69) is 0 Å². The van der Waals surface area contributed by atoms with Gasteiger partial charge in [-0.2, -0.15) is 0 Å². The van der Waals surface area contributed by atoms with Crippen LogP contribution in [-0.2, 0) is 9.53 Å². The van der Waals surface area contributed by atoms with Crippen LogP contribution in [0, 0.1) is 0 Å². The van der Waals surface area contributed by atoms with Crippen molar-refractivity contribution in [3.8, 4) is 5.75 Å². The lowest BCUT2D eigenvalue weighted by atomic mass is 9.95. The van der Waals surface area contributed by atoms with E-state index in [-0.39, 0.29) is 5.56 Å². The van der Waals surface area contributed by atoms with Crippen LogP contribution in [0.4, 0.5) is 0 Å². The fourth-order valence-corrected chi connectivity index (χ4v) is 4.47. The standard InChI is InChI=1S/C20H14Cl6O4/c1-29-15-10-7-13(8-11-15)9-12-16(27)30-18(19(21,22)23,20(24,25)26)17(28)14-5-3-2-4-6-14/h2-12H,1H3/b12-9+. The van der Waals surface area contributed by atoms with Crippen molar-refractivity contribution in [1.29, 1.82) is 0 Å². The number of halogens is 6. The summed E-state index contributed by atoms with van der Waals surface area (Å²) < 4.78 is 5.09. The van der Waals surface area contributed by atoms with E-state index < -0.39 is 24.9 Å². The molecule has 0 atom stereocenters. The molecule has 0 aliphatic heterocycles. The third-order valence-corrected chi connectivity index (χ3v) is 5.53. The largest absolute Gasteiger partial charge is 0.497 e. The van der Waals surface area contributed by atoms with Crippen LogP contribution in [0.2, 0.25) is 0 Å². The Bertz CT molecular complexity index is 901. The molecule has 0 aromatic heterocycles. The molecule has 0 N–H and O–H groups in total. The Balaban J connectivity index is 2.42. The Morgan fingerprint density at radius 2 is 1.37 bits per heavy atom. The SMILES string of the molecule is COc1ccc(/C=C/C(=O)OC(C(=O)c2ccccc2)(C(Cl)(Cl)Cl)C(Cl)(Cl)Cl)cc1. The first-order valence-electron chi connectivity index (χ1n) is 8.21. The van der Waals surface area contributed by atoms with Gasteiger partial charge in [0.1, 0.15) is 5.75 Å². The van der Waals surface area contributed by atoms with Crippen molar-refractivity contribution < 1.29 is 19.1 Å². The number of alkyl halides is 6. The average Bonchev–Trinajstić information content (AvgIpc) is 2.69. The average molecular weight is 531 g/mol. The van der Waals surface area contributed by atoms with Crippen molar-refractivity contribution in [2.45, 2.75) is 13.2 Å². The normalized spacial score (nSPS) is 12.6. The molecule has 160 valence electrons. The number of ketones is 1. The van der Waals surface area contributed by atoms with E-state index in [9.17, 15) is 9.59 Å². The van der Waals surface area contributed by atoms with Gasteiger partial charge in [0.15, 0.2) is 0 Å².